The van der Waals surface area contributed by atoms with E-state index in [4.69, 9.17) is 48.6 Å². The van der Waals surface area contributed by atoms with Crippen LogP contribution in [0, 0.1) is 30.5 Å². The molecule has 1 unspecified atom stereocenters. The number of pyridine rings is 2. The average Bonchev–Trinajstić information content (AvgIpc) is 1.62. The molecule has 2 aromatic heterocycles. The minimum absolute atomic E-state index is 0.0403. The molecule has 0 radical (unpaired) electrons. The highest BCUT2D eigenvalue weighted by atomic mass is 19.1. The molecule has 2 aliphatic carbocycles. The molecule has 0 bridgehead atoms. The number of nitrogens with one attached hydrogen (secondary N) is 7. The van der Waals surface area contributed by atoms with Crippen LogP contribution < -0.4 is 48.5 Å². The number of nitrogens with two attached hydrogens (primary N) is 1. The highest BCUT2D eigenvalue weighted by molar-refractivity contribution is 5.99. The minimum atomic E-state index is -2.06. The van der Waals surface area contributed by atoms with E-state index in [-0.39, 0.29) is 114 Å². The van der Waals surface area contributed by atoms with E-state index in [0.717, 1.165) is 42.6 Å². The Labute approximate surface area is 584 Å². The number of hydrogen-bond acceptors (Lipinski definition) is 20. The molecule has 0 saturated carbocycles. The number of anilines is 1. The van der Waals surface area contributed by atoms with Crippen molar-refractivity contribution in [2.24, 2.45) is 11.7 Å². The molecule has 101 heavy (non-hydrogen) atoms. The molecule has 0 fully saturated rings. The Bertz CT molecular complexity index is 3770. The molecule has 548 valence electrons. The number of aliphatic hydroxyl groups is 1. The largest absolute Gasteiger partial charge is 0.458 e. The molecule has 5 atom stereocenters. The lowest BCUT2D eigenvalue weighted by Crippen LogP contribution is -2.54. The van der Waals surface area contributed by atoms with Crippen molar-refractivity contribution in [2.45, 2.75) is 148 Å². The van der Waals surface area contributed by atoms with Crippen molar-refractivity contribution >= 4 is 70.1 Å². The van der Waals surface area contributed by atoms with Gasteiger partial charge in [0.15, 0.2) is 5.60 Å². The average molecular weight is 1410 g/mol. The summed E-state index contributed by atoms with van der Waals surface area (Å²) in [5.41, 5.74) is 7.23. The Balaban J connectivity index is 0.705. The van der Waals surface area contributed by atoms with E-state index >= 15 is 4.39 Å². The fourth-order valence-electron chi connectivity index (χ4n) is 12.0. The third-order valence-corrected chi connectivity index (χ3v) is 17.6. The summed E-state index contributed by atoms with van der Waals surface area (Å²) in [6, 6.07) is 5.61. The van der Waals surface area contributed by atoms with Gasteiger partial charge >= 0.3 is 18.1 Å². The number of alkyl carbamates (subject to hydrolysis) is 1. The lowest BCUT2D eigenvalue weighted by Gasteiger charge is -2.31. The van der Waals surface area contributed by atoms with Gasteiger partial charge in [-0.15, -0.1) is 5.92 Å². The molecule has 4 aliphatic rings. The number of nitrogens with zero attached hydrogens (tertiary/aromatic N) is 3. The third kappa shape index (κ3) is 21.7. The summed E-state index contributed by atoms with van der Waals surface area (Å²) in [7, 11) is 1.41. The van der Waals surface area contributed by atoms with Gasteiger partial charge in [-0.05, 0) is 105 Å². The van der Waals surface area contributed by atoms with Crippen molar-refractivity contribution in [1.82, 2.24) is 46.4 Å². The zero-order valence-corrected chi connectivity index (χ0v) is 57.7. The van der Waals surface area contributed by atoms with Crippen molar-refractivity contribution in [2.75, 3.05) is 105 Å². The summed E-state index contributed by atoms with van der Waals surface area (Å²) in [5, 5.41) is 30.9. The number of carbonyl (C=O) groups excluding carboxylic acids is 9. The second kappa shape index (κ2) is 38.0. The summed E-state index contributed by atoms with van der Waals surface area (Å²) < 4.78 is 60.8. The predicted molar refractivity (Wildman–Crippen MR) is 362 cm³/mol. The molecule has 10 N–H and O–H groups in total. The molecule has 4 aromatic rings. The SMILES string of the molecule is CC[C@@]1(O)C(=O)OCc2c1cc1n(c2=O)Cc2c-1nc1cc(F)c(C)c3c1c2[C@@H](NC(=O)COCN(C)C(=O)CNC(=O)OCc1ccc(NC(=O)[C@H](CCCNC(N)=O)NC(=O)[C@@H](NC(=O)CCOCCOCCOCCOCCNC(=O)COC2C#CCCCCC2)C(C)C)cc1)CC3. The molecule has 4 heterocycles. The zero-order chi connectivity index (χ0) is 72.6. The highest BCUT2D eigenvalue weighted by Gasteiger charge is 2.46. The van der Waals surface area contributed by atoms with Gasteiger partial charge in [-0.3, -0.25) is 33.6 Å². The van der Waals surface area contributed by atoms with Crippen LogP contribution in [-0.2, 0) is 103 Å². The summed E-state index contributed by atoms with van der Waals surface area (Å²) in [6.45, 7) is 7.53. The lowest BCUT2D eigenvalue weighted by molar-refractivity contribution is -0.172. The zero-order valence-electron chi connectivity index (χ0n) is 57.7. The van der Waals surface area contributed by atoms with Crippen molar-refractivity contribution in [1.29, 1.82) is 0 Å². The number of urea groups is 1. The molecule has 0 saturated heterocycles. The first-order valence-electron chi connectivity index (χ1n) is 34.1. The number of ether oxygens (including phenoxy) is 8. The van der Waals surface area contributed by atoms with Crippen molar-refractivity contribution in [3.8, 4) is 23.2 Å². The van der Waals surface area contributed by atoms with Crippen LogP contribution in [0.25, 0.3) is 22.3 Å². The number of esters is 1. The standard InChI is InChI=1S/C70H92FN11O19/c1-6-70(93)50-33-55-63-48(36-82(55)66(89)49(50)38-100-67(70)90)61-52(21-20-47-43(4)51(71)34-54(78-63)60(47)61)77-58(85)39-98-41-81(5)59(86)35-75-69(92)101-37-44-16-18-45(19-17-44)76-64(87)53(15-12-23-74-68(72)91)79-65(88)62(42(2)3)80-56(83)22-25-94-27-29-96-31-32-97-30-28-95-26-24-73-57(84)40-99-46-13-10-8-7-9-11-14-46/h16-19,33-34,42,46,52-53,62,93H,6-10,12-13,15,20-32,35-41H2,1-5H3,(H,73,84)(H,75,92)(H,76,87)(H,77,85)(H,79,88)(H,80,83)(H3,72,74,91)/t46?,52-,53-,62-,70-/m0/s1. The van der Waals surface area contributed by atoms with E-state index in [1.165, 1.54) is 17.7 Å². The van der Waals surface area contributed by atoms with Crippen molar-refractivity contribution < 1.29 is 90.5 Å². The molecule has 30 nitrogen and oxygen atoms in total. The Hall–Kier alpha value is -9.16. The van der Waals surface area contributed by atoms with Crippen LogP contribution in [-0.4, -0.2) is 191 Å². The molecule has 0 spiro atoms. The quantitative estimate of drug-likeness (QED) is 0.0119. The number of hydrogen-bond donors (Lipinski definition) is 9. The number of cyclic esters (lactones) is 1. The fraction of sp³-hybridized carbons (Fsp3) is 0.557. The summed E-state index contributed by atoms with van der Waals surface area (Å²) in [4.78, 5) is 136. The maximum atomic E-state index is 15.4. The van der Waals surface area contributed by atoms with E-state index in [2.05, 4.69) is 49.1 Å². The van der Waals surface area contributed by atoms with Crippen LogP contribution in [0.4, 0.5) is 19.7 Å². The Kier molecular flexibility index (Phi) is 29.2. The Morgan fingerprint density at radius 2 is 1.55 bits per heavy atom. The van der Waals surface area contributed by atoms with Crippen LogP contribution in [0.1, 0.15) is 130 Å². The minimum Gasteiger partial charge on any atom is -0.458 e. The van der Waals surface area contributed by atoms with Gasteiger partial charge in [0, 0.05) is 61.2 Å². The number of amides is 9. The summed E-state index contributed by atoms with van der Waals surface area (Å²) in [5.74, 6) is 1.45. The van der Waals surface area contributed by atoms with Crippen molar-refractivity contribution in [3.05, 3.63) is 91.5 Å². The van der Waals surface area contributed by atoms with Gasteiger partial charge in [-0.25, -0.2) is 23.8 Å². The fourth-order valence-corrected chi connectivity index (χ4v) is 12.0. The number of fused-ring (bicyclic) bond motifs is 5. The predicted octanol–water partition coefficient (Wildman–Crippen LogP) is 2.93. The van der Waals surface area contributed by atoms with E-state index < -0.39 is 95.9 Å². The monoisotopic (exact) mass is 1410 g/mol. The van der Waals surface area contributed by atoms with E-state index in [1.807, 2.05) is 0 Å². The first kappa shape index (κ1) is 77.6. The van der Waals surface area contributed by atoms with E-state index in [9.17, 15) is 53.1 Å². The lowest BCUT2D eigenvalue weighted by atomic mass is 9.81. The van der Waals surface area contributed by atoms with Crippen LogP contribution in [0.2, 0.25) is 0 Å². The normalized spacial score (nSPS) is 17.0. The highest BCUT2D eigenvalue weighted by Crippen LogP contribution is 2.46. The number of aromatic nitrogens is 2. The smallest absolute Gasteiger partial charge is 0.407 e. The third-order valence-electron chi connectivity index (χ3n) is 17.6. The number of rotatable bonds is 38. The summed E-state index contributed by atoms with van der Waals surface area (Å²) >= 11 is 0. The second-order valence-electron chi connectivity index (χ2n) is 25.2. The number of likely N-dealkylation sites (N-methyl/N-ethyl adjacent to an activating group) is 1. The molecule has 31 heteroatoms. The Morgan fingerprint density at radius 1 is 0.832 bits per heavy atom. The topological polar surface area (TPSA) is 396 Å². The van der Waals surface area contributed by atoms with Crippen molar-refractivity contribution in [3.63, 3.8) is 0 Å². The number of carbonyl (C=O) groups is 9. The molecular formula is C70H92FN11O19. The number of aryl methyl sites for hydroxylation is 1. The maximum absolute atomic E-state index is 15.4. The van der Waals surface area contributed by atoms with Gasteiger partial charge < -0.3 is 95.4 Å². The molecular weight excluding hydrogens is 1320 g/mol. The van der Waals surface area contributed by atoms with Gasteiger partial charge in [0.2, 0.25) is 35.4 Å². The number of primary amides is 1. The van der Waals surface area contributed by atoms with E-state index in [1.54, 1.807) is 58.0 Å². The summed E-state index contributed by atoms with van der Waals surface area (Å²) in [6.07, 6.45) is 4.82. The van der Waals surface area contributed by atoms with Crippen LogP contribution in [0.3, 0.4) is 0 Å². The van der Waals surface area contributed by atoms with Crippen LogP contribution in [0.5, 0.6) is 0 Å². The van der Waals surface area contributed by atoms with E-state index in [0.29, 0.717) is 103 Å². The molecule has 2 aromatic carbocycles. The molecule has 9 amide bonds. The maximum Gasteiger partial charge on any atom is 0.407 e. The van der Waals surface area contributed by atoms with Crippen LogP contribution in [0.15, 0.2) is 41.2 Å². The molecule has 8 rings (SSSR count). The van der Waals surface area contributed by atoms with Gasteiger partial charge in [-0.2, -0.15) is 0 Å². The van der Waals surface area contributed by atoms with Gasteiger partial charge in [-0.1, -0.05) is 45.2 Å². The first-order valence-corrected chi connectivity index (χ1v) is 34.1. The number of halogens is 1. The Morgan fingerprint density at radius 3 is 2.27 bits per heavy atom. The number of benzene rings is 2. The first-order chi connectivity index (χ1) is 48.6. The van der Waals surface area contributed by atoms with Crippen LogP contribution >= 0.6 is 0 Å². The second-order valence-corrected chi connectivity index (χ2v) is 25.2. The molecule has 2 aliphatic heterocycles. The van der Waals surface area contributed by atoms with Gasteiger partial charge in [0.1, 0.15) is 63.7 Å². The van der Waals surface area contributed by atoms with Gasteiger partial charge in [0.25, 0.3) is 5.56 Å². The van der Waals surface area contributed by atoms with Gasteiger partial charge in [0.05, 0.1) is 87.9 Å².